The molecule has 1 aliphatic carbocycles. The number of aliphatic hydroxyl groups excluding tert-OH is 4. The maximum Gasteiger partial charge on any atom is 0.186 e. The van der Waals surface area contributed by atoms with Crippen molar-refractivity contribution in [1.82, 2.24) is 0 Å². The molecule has 0 spiro atoms. The molecule has 2 aliphatic heterocycles. The molecule has 40 heavy (non-hydrogen) atoms. The van der Waals surface area contributed by atoms with Crippen molar-refractivity contribution in [2.24, 2.45) is 28.7 Å². The third-order valence-electron chi connectivity index (χ3n) is 8.16. The quantitative estimate of drug-likeness (QED) is 0.0968. The topological polar surface area (TPSA) is 248 Å². The summed E-state index contributed by atoms with van der Waals surface area (Å²) in [6, 6.07) is -3.01. The molecule has 3 aliphatic rings. The molecule has 2 heterocycles. The van der Waals surface area contributed by atoms with Gasteiger partial charge < -0.3 is 68.0 Å². The van der Waals surface area contributed by atoms with E-state index in [1.807, 2.05) is 0 Å². The summed E-state index contributed by atoms with van der Waals surface area (Å²) in [4.78, 5) is 0. The highest BCUT2D eigenvalue weighted by atomic mass is 32.2. The van der Waals surface area contributed by atoms with Crippen molar-refractivity contribution in [3.8, 4) is 0 Å². The van der Waals surface area contributed by atoms with E-state index in [4.69, 9.17) is 47.6 Å². The molecule has 3 rings (SSSR count). The second kappa shape index (κ2) is 16.6. The number of nitrogens with two attached hydrogens (primary N) is 5. The van der Waals surface area contributed by atoms with Crippen LogP contribution in [-0.4, -0.2) is 124 Å². The molecule has 236 valence electrons. The van der Waals surface area contributed by atoms with Gasteiger partial charge >= 0.3 is 0 Å². The van der Waals surface area contributed by atoms with Crippen LogP contribution in [0.1, 0.15) is 58.3 Å². The van der Waals surface area contributed by atoms with E-state index in [9.17, 15) is 20.4 Å². The molecule has 0 aromatic rings. The summed E-state index contributed by atoms with van der Waals surface area (Å²) in [6.45, 7) is 2.27. The maximum atomic E-state index is 11.2. The number of thioether (sulfide) groups is 1. The standard InChI is InChI=1S/C26H53N5O8S/c1-2-3-4-5-6-7-8-40-12-18-20(33)19(31)21(34)26(37-18)39-24-14(29)9-13(28)23(22(24)35)38-25-15(30)10-16(32)17(11-27)36-25/h13-26,32-35H,2-12,27-31H2,1H3/t13-,14+,15+,16-,17+,18+,19-,20+,21+,22-,23+,24-,25+,26+/m0/s1. The van der Waals surface area contributed by atoms with Crippen LogP contribution in [-0.2, 0) is 18.9 Å². The minimum atomic E-state index is -1.34. The first-order valence-electron chi connectivity index (χ1n) is 14.7. The first kappa shape index (κ1) is 34.3. The molecule has 14 atom stereocenters. The molecule has 1 saturated carbocycles. The van der Waals surface area contributed by atoms with Crippen molar-refractivity contribution < 1.29 is 39.4 Å². The van der Waals surface area contributed by atoms with E-state index in [0.29, 0.717) is 5.75 Å². The first-order chi connectivity index (χ1) is 19.1. The molecule has 3 fully saturated rings. The Bertz CT molecular complexity index is 735. The number of ether oxygens (including phenoxy) is 4. The fourth-order valence-corrected chi connectivity index (χ4v) is 6.68. The van der Waals surface area contributed by atoms with Crippen molar-refractivity contribution in [2.45, 2.75) is 144 Å². The average Bonchev–Trinajstić information content (AvgIpc) is 2.92. The number of unbranched alkanes of at least 4 members (excludes halogenated alkanes) is 5. The van der Waals surface area contributed by atoms with Crippen LogP contribution in [0.25, 0.3) is 0 Å². The Kier molecular flexibility index (Phi) is 14.3. The van der Waals surface area contributed by atoms with Gasteiger partial charge in [-0.1, -0.05) is 39.0 Å². The number of hydrogen-bond acceptors (Lipinski definition) is 14. The number of hydrogen-bond donors (Lipinski definition) is 9. The van der Waals surface area contributed by atoms with Gasteiger partial charge in [0.25, 0.3) is 0 Å². The number of aliphatic hydroxyl groups is 4. The van der Waals surface area contributed by atoms with Crippen LogP contribution in [0.2, 0.25) is 0 Å². The van der Waals surface area contributed by atoms with E-state index in [-0.39, 0.29) is 19.4 Å². The molecule has 2 saturated heterocycles. The van der Waals surface area contributed by atoms with Crippen LogP contribution in [0.3, 0.4) is 0 Å². The Morgan fingerprint density at radius 1 is 0.725 bits per heavy atom. The van der Waals surface area contributed by atoms with Gasteiger partial charge in [-0.05, 0) is 25.0 Å². The molecular weight excluding hydrogens is 542 g/mol. The van der Waals surface area contributed by atoms with Gasteiger partial charge in [0.2, 0.25) is 0 Å². The van der Waals surface area contributed by atoms with Crippen LogP contribution in [0.15, 0.2) is 0 Å². The molecule has 13 nitrogen and oxygen atoms in total. The predicted octanol–water partition coefficient (Wildman–Crippen LogP) is -2.19. The molecule has 0 radical (unpaired) electrons. The lowest BCUT2D eigenvalue weighted by atomic mass is 9.84. The van der Waals surface area contributed by atoms with E-state index >= 15 is 0 Å². The second-order valence-electron chi connectivity index (χ2n) is 11.4. The van der Waals surface area contributed by atoms with Gasteiger partial charge in [-0.25, -0.2) is 0 Å². The molecule has 0 amide bonds. The highest BCUT2D eigenvalue weighted by molar-refractivity contribution is 7.99. The Balaban J connectivity index is 1.57. The largest absolute Gasteiger partial charge is 0.390 e. The van der Waals surface area contributed by atoms with Gasteiger partial charge in [0.1, 0.15) is 24.4 Å². The summed E-state index contributed by atoms with van der Waals surface area (Å²) >= 11 is 1.66. The summed E-state index contributed by atoms with van der Waals surface area (Å²) in [5, 5.41) is 42.7. The zero-order valence-corrected chi connectivity index (χ0v) is 24.4. The Hall–Kier alpha value is -0.170. The minimum absolute atomic E-state index is 0.0745. The summed E-state index contributed by atoms with van der Waals surface area (Å²) in [5.74, 6) is 1.41. The average molecular weight is 596 g/mol. The zero-order valence-electron chi connectivity index (χ0n) is 23.6. The smallest absolute Gasteiger partial charge is 0.186 e. The molecule has 14 heteroatoms. The molecule has 0 aromatic heterocycles. The third kappa shape index (κ3) is 8.92. The van der Waals surface area contributed by atoms with E-state index < -0.39 is 85.6 Å². The summed E-state index contributed by atoms with van der Waals surface area (Å²) < 4.78 is 23.8. The monoisotopic (exact) mass is 595 g/mol. The predicted molar refractivity (Wildman–Crippen MR) is 152 cm³/mol. The molecule has 0 bridgehead atoms. The lowest BCUT2D eigenvalue weighted by Gasteiger charge is -2.48. The SMILES string of the molecule is CCCCCCCCSC[C@H]1O[C@H](O[C@@H]2[C@@H](O)[C@H](O[C@H]3O[C@H](CN)[C@@H](O)C[C@H]3N)[C@@H](N)C[C@H]2N)[C@H](O)[C@@H](N)[C@@H]1O. The van der Waals surface area contributed by atoms with Crippen LogP contribution in [0.5, 0.6) is 0 Å². The maximum absolute atomic E-state index is 11.2. The lowest BCUT2D eigenvalue weighted by Crippen LogP contribution is -2.68. The van der Waals surface area contributed by atoms with Gasteiger partial charge in [0, 0.05) is 24.4 Å². The van der Waals surface area contributed by atoms with Crippen LogP contribution < -0.4 is 28.7 Å². The van der Waals surface area contributed by atoms with Crippen molar-refractivity contribution in [2.75, 3.05) is 18.1 Å². The van der Waals surface area contributed by atoms with E-state index in [1.165, 1.54) is 25.7 Å². The van der Waals surface area contributed by atoms with Crippen molar-refractivity contribution in [3.05, 3.63) is 0 Å². The van der Waals surface area contributed by atoms with Crippen LogP contribution >= 0.6 is 11.8 Å². The van der Waals surface area contributed by atoms with Gasteiger partial charge in [0.15, 0.2) is 12.6 Å². The third-order valence-corrected chi connectivity index (χ3v) is 9.30. The highest BCUT2D eigenvalue weighted by Gasteiger charge is 2.50. The fourth-order valence-electron chi connectivity index (χ4n) is 5.60. The first-order valence-corrected chi connectivity index (χ1v) is 15.9. The second-order valence-corrected chi connectivity index (χ2v) is 12.6. The van der Waals surface area contributed by atoms with Crippen molar-refractivity contribution in [1.29, 1.82) is 0 Å². The van der Waals surface area contributed by atoms with Crippen LogP contribution in [0, 0.1) is 0 Å². The van der Waals surface area contributed by atoms with Crippen molar-refractivity contribution in [3.63, 3.8) is 0 Å². The summed E-state index contributed by atoms with van der Waals surface area (Å²) in [7, 11) is 0. The van der Waals surface area contributed by atoms with E-state index in [1.54, 1.807) is 11.8 Å². The van der Waals surface area contributed by atoms with Gasteiger partial charge in [0.05, 0.1) is 36.5 Å². The summed E-state index contributed by atoms with van der Waals surface area (Å²) in [5.41, 5.74) is 30.6. The van der Waals surface area contributed by atoms with Gasteiger partial charge in [-0.15, -0.1) is 0 Å². The van der Waals surface area contributed by atoms with Gasteiger partial charge in [-0.2, -0.15) is 11.8 Å². The van der Waals surface area contributed by atoms with Crippen LogP contribution in [0.4, 0.5) is 0 Å². The highest BCUT2D eigenvalue weighted by Crippen LogP contribution is 2.31. The van der Waals surface area contributed by atoms with E-state index in [2.05, 4.69) is 6.92 Å². The van der Waals surface area contributed by atoms with Gasteiger partial charge in [-0.3, -0.25) is 0 Å². The molecule has 0 aromatic carbocycles. The fraction of sp³-hybridized carbons (Fsp3) is 1.00. The lowest BCUT2D eigenvalue weighted by molar-refractivity contribution is -0.309. The Labute approximate surface area is 241 Å². The summed E-state index contributed by atoms with van der Waals surface area (Å²) in [6.07, 6.45) is -2.37. The number of rotatable bonds is 14. The van der Waals surface area contributed by atoms with Crippen molar-refractivity contribution >= 4 is 11.8 Å². The molecule has 14 N–H and O–H groups in total. The normalized spacial score (nSPS) is 44.5. The zero-order chi connectivity index (χ0) is 29.4. The molecule has 0 unspecified atom stereocenters. The minimum Gasteiger partial charge on any atom is -0.390 e. The Morgan fingerprint density at radius 3 is 1.98 bits per heavy atom. The Morgan fingerprint density at radius 2 is 1.32 bits per heavy atom. The molecular formula is C26H53N5O8S. The van der Waals surface area contributed by atoms with E-state index in [0.717, 1.165) is 18.6 Å².